The molecule has 0 amide bonds. The first kappa shape index (κ1) is 14.3. The van der Waals surface area contributed by atoms with Crippen LogP contribution in [-0.2, 0) is 21.8 Å². The average molecular weight is 286 g/mol. The van der Waals surface area contributed by atoms with Crippen molar-refractivity contribution in [1.82, 2.24) is 9.55 Å². The molecular weight excluding hydrogens is 264 g/mol. The first-order valence-electron chi connectivity index (χ1n) is 7.68. The molecule has 112 valence electrons. The lowest BCUT2D eigenvalue weighted by atomic mass is 9.98. The molecule has 0 radical (unpaired) electrons. The van der Waals surface area contributed by atoms with E-state index < -0.39 is 5.79 Å². The summed E-state index contributed by atoms with van der Waals surface area (Å²) in [4.78, 5) is 4.07. The second-order valence-corrected chi connectivity index (χ2v) is 5.43. The molecule has 3 rings (SSSR count). The fraction of sp³-hybridized carbons (Fsp3) is 0.471. The van der Waals surface area contributed by atoms with Crippen molar-refractivity contribution in [1.29, 1.82) is 0 Å². The van der Waals surface area contributed by atoms with Gasteiger partial charge in [0, 0.05) is 30.9 Å². The summed E-state index contributed by atoms with van der Waals surface area (Å²) in [5.74, 6) is -0.547. The zero-order chi connectivity index (χ0) is 14.4. The number of hydrogen-bond acceptors (Lipinski definition) is 3. The van der Waals surface area contributed by atoms with Crippen molar-refractivity contribution < 1.29 is 9.47 Å². The molecule has 0 spiro atoms. The van der Waals surface area contributed by atoms with Gasteiger partial charge in [-0.05, 0) is 19.3 Å². The molecule has 21 heavy (non-hydrogen) atoms. The molecule has 1 aliphatic heterocycles. The lowest BCUT2D eigenvalue weighted by molar-refractivity contribution is -0.280. The van der Waals surface area contributed by atoms with Crippen LogP contribution in [0.25, 0.3) is 0 Å². The summed E-state index contributed by atoms with van der Waals surface area (Å²) in [5, 5.41) is 0. The fourth-order valence-electron chi connectivity index (χ4n) is 2.79. The molecule has 2 heterocycles. The van der Waals surface area contributed by atoms with Crippen molar-refractivity contribution >= 4 is 0 Å². The lowest BCUT2D eigenvalue weighted by Crippen LogP contribution is -2.38. The van der Waals surface area contributed by atoms with Gasteiger partial charge in [-0.25, -0.2) is 4.98 Å². The monoisotopic (exact) mass is 286 g/mol. The Hall–Kier alpha value is -1.65. The average Bonchev–Trinajstić information content (AvgIpc) is 3.07. The molecular formula is C17H22N2O2. The maximum absolute atomic E-state index is 6.05. The Morgan fingerprint density at radius 1 is 1.10 bits per heavy atom. The first-order chi connectivity index (χ1) is 10.4. The molecule has 1 fully saturated rings. The maximum atomic E-state index is 6.05. The number of imidazole rings is 1. The van der Waals surface area contributed by atoms with E-state index in [1.165, 1.54) is 0 Å². The van der Waals surface area contributed by atoms with Gasteiger partial charge < -0.3 is 14.0 Å². The van der Waals surface area contributed by atoms with E-state index in [1.54, 1.807) is 0 Å². The van der Waals surface area contributed by atoms with Crippen LogP contribution in [0.3, 0.4) is 0 Å². The molecule has 1 aliphatic rings. The molecule has 0 aliphatic carbocycles. The fourth-order valence-corrected chi connectivity index (χ4v) is 2.79. The number of benzene rings is 1. The Morgan fingerprint density at radius 2 is 1.90 bits per heavy atom. The van der Waals surface area contributed by atoms with Crippen LogP contribution in [0.4, 0.5) is 0 Å². The number of hydrogen-bond donors (Lipinski definition) is 0. The van der Waals surface area contributed by atoms with E-state index in [1.807, 2.05) is 36.9 Å². The zero-order valence-electron chi connectivity index (χ0n) is 12.3. The van der Waals surface area contributed by atoms with Gasteiger partial charge in [0.15, 0.2) is 5.79 Å². The number of rotatable bonds is 6. The highest BCUT2D eigenvalue weighted by atomic mass is 16.7. The molecule has 2 aromatic rings. The summed E-state index contributed by atoms with van der Waals surface area (Å²) in [7, 11) is 0. The van der Waals surface area contributed by atoms with Gasteiger partial charge in [0.2, 0.25) is 0 Å². The largest absolute Gasteiger partial charge is 0.346 e. The van der Waals surface area contributed by atoms with Gasteiger partial charge in [0.1, 0.15) is 0 Å². The molecule has 0 saturated carbocycles. The zero-order valence-corrected chi connectivity index (χ0v) is 12.3. The Kier molecular flexibility index (Phi) is 4.68. The van der Waals surface area contributed by atoms with Gasteiger partial charge in [-0.15, -0.1) is 0 Å². The van der Waals surface area contributed by atoms with E-state index in [4.69, 9.17) is 9.47 Å². The summed E-state index contributed by atoms with van der Waals surface area (Å²) in [6, 6.07) is 10.3. The number of ether oxygens (including phenoxy) is 2. The van der Waals surface area contributed by atoms with Gasteiger partial charge in [-0.1, -0.05) is 30.3 Å². The highest BCUT2D eigenvalue weighted by Crippen LogP contribution is 2.35. The van der Waals surface area contributed by atoms with Crippen molar-refractivity contribution in [3.63, 3.8) is 0 Å². The van der Waals surface area contributed by atoms with Crippen molar-refractivity contribution in [2.75, 3.05) is 13.2 Å². The number of aromatic nitrogens is 2. The summed E-state index contributed by atoms with van der Waals surface area (Å²) in [6.07, 6.45) is 9.71. The Balaban J connectivity index is 1.60. The smallest absolute Gasteiger partial charge is 0.194 e. The Labute approximate surface area is 125 Å². The topological polar surface area (TPSA) is 36.3 Å². The first-order valence-corrected chi connectivity index (χ1v) is 7.68. The van der Waals surface area contributed by atoms with E-state index in [2.05, 4.69) is 21.7 Å². The van der Waals surface area contributed by atoms with Crippen LogP contribution >= 0.6 is 0 Å². The normalized spacial score (nSPS) is 17.7. The predicted octanol–water partition coefficient (Wildman–Crippen LogP) is 3.34. The Bertz CT molecular complexity index is 519. The second kappa shape index (κ2) is 6.87. The van der Waals surface area contributed by atoms with E-state index in [0.717, 1.165) is 51.0 Å². The summed E-state index contributed by atoms with van der Waals surface area (Å²) >= 11 is 0. The van der Waals surface area contributed by atoms with Crippen LogP contribution in [-0.4, -0.2) is 22.8 Å². The molecule has 4 heteroatoms. The summed E-state index contributed by atoms with van der Waals surface area (Å²) in [6.45, 7) is 2.54. The third kappa shape index (κ3) is 3.52. The van der Waals surface area contributed by atoms with Crippen molar-refractivity contribution in [2.24, 2.45) is 0 Å². The van der Waals surface area contributed by atoms with Crippen LogP contribution in [0.2, 0.25) is 0 Å². The van der Waals surface area contributed by atoms with E-state index >= 15 is 0 Å². The predicted molar refractivity (Wildman–Crippen MR) is 80.7 cm³/mol. The van der Waals surface area contributed by atoms with E-state index in [9.17, 15) is 0 Å². The van der Waals surface area contributed by atoms with Gasteiger partial charge in [-0.2, -0.15) is 0 Å². The minimum atomic E-state index is -0.547. The molecule has 0 atom stereocenters. The van der Waals surface area contributed by atoms with Crippen LogP contribution in [0.15, 0.2) is 49.1 Å². The third-order valence-electron chi connectivity index (χ3n) is 3.90. The van der Waals surface area contributed by atoms with E-state index in [-0.39, 0.29) is 0 Å². The molecule has 4 nitrogen and oxygen atoms in total. The number of nitrogens with zero attached hydrogens (tertiary/aromatic N) is 2. The molecule has 1 saturated heterocycles. The number of unbranched alkanes of at least 4 members (excludes halogenated alkanes) is 1. The van der Waals surface area contributed by atoms with Gasteiger partial charge in [-0.3, -0.25) is 0 Å². The minimum absolute atomic E-state index is 0.547. The third-order valence-corrected chi connectivity index (χ3v) is 3.90. The molecule has 1 aromatic carbocycles. The summed E-state index contributed by atoms with van der Waals surface area (Å²) in [5.41, 5.74) is 1.13. The number of aryl methyl sites for hydroxylation is 1. The van der Waals surface area contributed by atoms with Gasteiger partial charge >= 0.3 is 0 Å². The van der Waals surface area contributed by atoms with Crippen molar-refractivity contribution in [3.8, 4) is 0 Å². The van der Waals surface area contributed by atoms with E-state index in [0.29, 0.717) is 0 Å². The molecule has 0 bridgehead atoms. The standard InChI is InChI=1S/C17H22N2O2/c1-2-7-16(8-3-1)17(20-13-6-14-21-17)9-4-5-11-19-12-10-18-15-19/h1-3,7-8,10,12,15H,4-6,9,11,13-14H2. The highest BCUT2D eigenvalue weighted by molar-refractivity contribution is 5.20. The summed E-state index contributed by atoms with van der Waals surface area (Å²) < 4.78 is 14.2. The minimum Gasteiger partial charge on any atom is -0.346 e. The molecule has 1 aromatic heterocycles. The Morgan fingerprint density at radius 3 is 2.62 bits per heavy atom. The molecule has 0 unspecified atom stereocenters. The van der Waals surface area contributed by atoms with Gasteiger partial charge in [0.05, 0.1) is 19.5 Å². The van der Waals surface area contributed by atoms with Crippen molar-refractivity contribution in [2.45, 2.75) is 38.0 Å². The van der Waals surface area contributed by atoms with Crippen molar-refractivity contribution in [3.05, 3.63) is 54.6 Å². The maximum Gasteiger partial charge on any atom is 0.194 e. The highest BCUT2D eigenvalue weighted by Gasteiger charge is 2.35. The second-order valence-electron chi connectivity index (χ2n) is 5.43. The molecule has 0 N–H and O–H groups in total. The van der Waals surface area contributed by atoms with Crippen LogP contribution in [0.5, 0.6) is 0 Å². The SMILES string of the molecule is c1ccc(C2(CCCCn3ccnc3)OCCCO2)cc1. The quantitative estimate of drug-likeness (QED) is 0.764. The van der Waals surface area contributed by atoms with Crippen LogP contribution in [0, 0.1) is 0 Å². The lowest BCUT2D eigenvalue weighted by Gasteiger charge is -2.37. The van der Waals surface area contributed by atoms with Crippen LogP contribution < -0.4 is 0 Å². The van der Waals surface area contributed by atoms with Gasteiger partial charge in [0.25, 0.3) is 0 Å². The van der Waals surface area contributed by atoms with Crippen LogP contribution in [0.1, 0.15) is 31.2 Å².